The number of nitrogens with two attached hydrogens (primary N) is 1. The van der Waals surface area contributed by atoms with Gasteiger partial charge in [-0.2, -0.15) is 0 Å². The molecule has 2 aromatic carbocycles. The lowest BCUT2D eigenvalue weighted by Crippen LogP contribution is -2.31. The predicted octanol–water partition coefficient (Wildman–Crippen LogP) is 2.93. The van der Waals surface area contributed by atoms with Gasteiger partial charge >= 0.3 is 0 Å². The Labute approximate surface area is 111 Å². The highest BCUT2D eigenvalue weighted by molar-refractivity contribution is 5.35. The van der Waals surface area contributed by atoms with E-state index < -0.39 is 40.7 Å². The van der Waals surface area contributed by atoms with E-state index in [1.165, 1.54) is 12.1 Å². The molecule has 0 bridgehead atoms. The summed E-state index contributed by atoms with van der Waals surface area (Å²) in [6.07, 6.45) is 0. The second-order valence-electron chi connectivity index (χ2n) is 3.99. The molecule has 2 rings (SSSR count). The molecule has 0 spiro atoms. The molecule has 0 aliphatic heterocycles. The average Bonchev–Trinajstić information content (AvgIpc) is 2.48. The van der Waals surface area contributed by atoms with Crippen LogP contribution in [0.25, 0.3) is 0 Å². The van der Waals surface area contributed by atoms with Gasteiger partial charge in [0.05, 0.1) is 11.6 Å². The molecule has 1 atom stereocenters. The van der Waals surface area contributed by atoms with Crippen LogP contribution in [0.2, 0.25) is 0 Å². The average molecular weight is 288 g/mol. The van der Waals surface area contributed by atoms with Gasteiger partial charge in [-0.25, -0.2) is 27.4 Å². The van der Waals surface area contributed by atoms with Crippen LogP contribution in [-0.4, -0.2) is 0 Å². The van der Waals surface area contributed by atoms with Gasteiger partial charge in [0.15, 0.2) is 23.3 Å². The quantitative estimate of drug-likeness (QED) is 0.300. The van der Waals surface area contributed by atoms with Crippen molar-refractivity contribution in [3.05, 3.63) is 70.5 Å². The Balaban J connectivity index is 2.68. The van der Waals surface area contributed by atoms with E-state index in [0.717, 1.165) is 0 Å². The van der Waals surface area contributed by atoms with Crippen molar-refractivity contribution in [3.8, 4) is 0 Å². The molecule has 0 heterocycles. The van der Waals surface area contributed by atoms with E-state index in [1.54, 1.807) is 18.2 Å². The molecule has 0 radical (unpaired) electrons. The van der Waals surface area contributed by atoms with Crippen molar-refractivity contribution in [1.29, 1.82) is 0 Å². The number of hydrogen-bond donors (Lipinski definition) is 2. The van der Waals surface area contributed by atoms with Crippen molar-refractivity contribution < 1.29 is 22.0 Å². The van der Waals surface area contributed by atoms with Gasteiger partial charge in [0.2, 0.25) is 5.82 Å². The van der Waals surface area contributed by atoms with E-state index in [0.29, 0.717) is 0 Å². The molecule has 0 aliphatic rings. The van der Waals surface area contributed by atoms with E-state index >= 15 is 0 Å². The van der Waals surface area contributed by atoms with Gasteiger partial charge in [0.25, 0.3) is 0 Å². The Morgan fingerprint density at radius 1 is 0.750 bits per heavy atom. The number of nitrogens with one attached hydrogen (secondary N) is 1. The molecule has 0 saturated carbocycles. The number of halogens is 5. The van der Waals surface area contributed by atoms with Crippen molar-refractivity contribution in [2.75, 3.05) is 0 Å². The summed E-state index contributed by atoms with van der Waals surface area (Å²) in [5.74, 6) is -4.84. The summed E-state index contributed by atoms with van der Waals surface area (Å²) in [5, 5.41) is 0. The summed E-state index contributed by atoms with van der Waals surface area (Å²) in [6, 6.07) is 6.26. The summed E-state index contributed by atoms with van der Waals surface area (Å²) in [6.45, 7) is 0. The second kappa shape index (κ2) is 5.56. The molecular weight excluding hydrogens is 279 g/mol. The van der Waals surface area contributed by atoms with Crippen LogP contribution in [0.15, 0.2) is 30.3 Å². The smallest absolute Gasteiger partial charge is 0.200 e. The van der Waals surface area contributed by atoms with Crippen LogP contribution in [0, 0.1) is 29.1 Å². The Bertz CT molecular complexity index is 601. The lowest BCUT2D eigenvalue weighted by Gasteiger charge is -2.19. The lowest BCUT2D eigenvalue weighted by molar-refractivity contribution is 0.362. The first-order chi connectivity index (χ1) is 9.49. The molecule has 0 amide bonds. The molecule has 2 nitrogen and oxygen atoms in total. The first kappa shape index (κ1) is 14.4. The predicted molar refractivity (Wildman–Crippen MR) is 61.8 cm³/mol. The largest absolute Gasteiger partial charge is 0.271 e. The first-order valence-corrected chi connectivity index (χ1v) is 5.51. The summed E-state index contributed by atoms with van der Waals surface area (Å²) in [4.78, 5) is 0. The normalized spacial score (nSPS) is 12.5. The Morgan fingerprint density at radius 3 is 1.65 bits per heavy atom. The molecule has 3 N–H and O–H groups in total. The van der Waals surface area contributed by atoms with E-state index in [4.69, 9.17) is 5.84 Å². The zero-order valence-corrected chi connectivity index (χ0v) is 9.93. The van der Waals surface area contributed by atoms with Crippen LogP contribution < -0.4 is 11.3 Å². The third-order valence-electron chi connectivity index (χ3n) is 2.83. The number of hydrogen-bond acceptors (Lipinski definition) is 2. The maximum atomic E-state index is 13.7. The fourth-order valence-corrected chi connectivity index (χ4v) is 1.87. The van der Waals surface area contributed by atoms with E-state index in [1.807, 2.05) is 0 Å². The van der Waals surface area contributed by atoms with Gasteiger partial charge < -0.3 is 0 Å². The number of benzene rings is 2. The van der Waals surface area contributed by atoms with E-state index in [2.05, 4.69) is 5.43 Å². The van der Waals surface area contributed by atoms with Gasteiger partial charge in [0, 0.05) is 0 Å². The van der Waals surface area contributed by atoms with Crippen LogP contribution >= 0.6 is 0 Å². The van der Waals surface area contributed by atoms with Gasteiger partial charge in [-0.05, 0) is 5.56 Å². The lowest BCUT2D eigenvalue weighted by atomic mass is 9.97. The van der Waals surface area contributed by atoms with Crippen molar-refractivity contribution in [1.82, 2.24) is 5.43 Å². The van der Waals surface area contributed by atoms with Gasteiger partial charge in [-0.3, -0.25) is 5.84 Å². The molecule has 0 saturated heterocycles. The zero-order valence-electron chi connectivity index (χ0n) is 9.93. The molecule has 20 heavy (non-hydrogen) atoms. The maximum absolute atomic E-state index is 13.7. The highest BCUT2D eigenvalue weighted by Crippen LogP contribution is 2.30. The van der Waals surface area contributed by atoms with Gasteiger partial charge in [-0.1, -0.05) is 30.3 Å². The molecule has 7 heteroatoms. The molecule has 2 aromatic rings. The summed E-state index contributed by atoms with van der Waals surface area (Å²) in [5.41, 5.74) is 1.30. The highest BCUT2D eigenvalue weighted by Gasteiger charge is 2.30. The molecule has 0 aliphatic carbocycles. The van der Waals surface area contributed by atoms with Crippen molar-refractivity contribution >= 4 is 0 Å². The zero-order chi connectivity index (χ0) is 14.9. The Kier molecular flexibility index (Phi) is 4.01. The van der Waals surface area contributed by atoms with Crippen LogP contribution in [-0.2, 0) is 0 Å². The molecule has 106 valence electrons. The van der Waals surface area contributed by atoms with Crippen LogP contribution in [0.4, 0.5) is 22.0 Å². The molecular formula is C13H9F5N2. The van der Waals surface area contributed by atoms with Crippen molar-refractivity contribution in [3.63, 3.8) is 0 Å². The van der Waals surface area contributed by atoms with E-state index in [-0.39, 0.29) is 5.56 Å². The molecule has 1 unspecified atom stereocenters. The Morgan fingerprint density at radius 2 is 1.20 bits per heavy atom. The molecule has 0 fully saturated rings. The topological polar surface area (TPSA) is 38.0 Å². The molecule has 0 aromatic heterocycles. The van der Waals surface area contributed by atoms with Gasteiger partial charge in [-0.15, -0.1) is 0 Å². The number of hydrazine groups is 1. The van der Waals surface area contributed by atoms with E-state index in [9.17, 15) is 22.0 Å². The minimum atomic E-state index is -2.20. The Hall–Kier alpha value is -1.99. The van der Waals surface area contributed by atoms with Gasteiger partial charge in [0.1, 0.15) is 0 Å². The first-order valence-electron chi connectivity index (χ1n) is 5.51. The monoisotopic (exact) mass is 288 g/mol. The summed E-state index contributed by atoms with van der Waals surface area (Å²) < 4.78 is 66.8. The fourth-order valence-electron chi connectivity index (χ4n) is 1.87. The SMILES string of the molecule is NNC(c1ccccc1)c1c(F)c(F)c(F)c(F)c1F. The second-order valence-corrected chi connectivity index (χ2v) is 3.99. The third kappa shape index (κ3) is 2.25. The van der Waals surface area contributed by atoms with Crippen LogP contribution in [0.1, 0.15) is 17.2 Å². The summed E-state index contributed by atoms with van der Waals surface area (Å²) >= 11 is 0. The van der Waals surface area contributed by atoms with Crippen LogP contribution in [0.3, 0.4) is 0 Å². The minimum absolute atomic E-state index is 0.262. The third-order valence-corrected chi connectivity index (χ3v) is 2.83. The standard InChI is InChI=1S/C13H9F5N2/c14-8-7(9(15)11(17)12(18)10(8)16)13(20-19)6-4-2-1-3-5-6/h1-5,13,20H,19H2. The maximum Gasteiger partial charge on any atom is 0.200 e. The summed E-state index contributed by atoms with van der Waals surface area (Å²) in [7, 11) is 0. The fraction of sp³-hybridized carbons (Fsp3) is 0.0769. The van der Waals surface area contributed by atoms with Crippen molar-refractivity contribution in [2.45, 2.75) is 6.04 Å². The highest BCUT2D eigenvalue weighted by atomic mass is 19.2. The number of rotatable bonds is 3. The minimum Gasteiger partial charge on any atom is -0.271 e. The van der Waals surface area contributed by atoms with Crippen molar-refractivity contribution in [2.24, 2.45) is 5.84 Å². The van der Waals surface area contributed by atoms with Crippen LogP contribution in [0.5, 0.6) is 0 Å².